The van der Waals surface area contributed by atoms with Crippen LogP contribution in [0, 0.1) is 5.82 Å². The summed E-state index contributed by atoms with van der Waals surface area (Å²) in [5.74, 6) is -0.748. The molecule has 2 heterocycles. The van der Waals surface area contributed by atoms with E-state index in [9.17, 15) is 22.4 Å². The Morgan fingerprint density at radius 2 is 2.00 bits per heavy atom. The Kier molecular flexibility index (Phi) is 5.02. The van der Waals surface area contributed by atoms with Gasteiger partial charge in [-0.15, -0.1) is 0 Å². The lowest BCUT2D eigenvalue weighted by molar-refractivity contribution is -0.153. The number of carbonyl (C=O) groups excluding carboxylic acids is 1. The number of amides is 1. The number of H-pyrrole nitrogens is 1. The maximum Gasteiger partial charge on any atom is 0.422 e. The molecule has 3 aromatic rings. The average Bonchev–Trinajstić information content (AvgIpc) is 3.02. The van der Waals surface area contributed by atoms with Crippen molar-refractivity contribution >= 4 is 16.8 Å². The van der Waals surface area contributed by atoms with Crippen molar-refractivity contribution in [3.05, 3.63) is 59.8 Å². The quantitative estimate of drug-likeness (QED) is 0.682. The van der Waals surface area contributed by atoms with Crippen LogP contribution in [0.4, 0.5) is 17.6 Å². The van der Waals surface area contributed by atoms with Gasteiger partial charge in [-0.05, 0) is 36.4 Å². The van der Waals surface area contributed by atoms with Gasteiger partial charge in [-0.3, -0.25) is 9.78 Å². The number of hydrogen-bond donors (Lipinski definition) is 1. The number of pyridine rings is 1. The number of fused-ring (bicyclic) bond motifs is 1. The van der Waals surface area contributed by atoms with Gasteiger partial charge in [0.25, 0.3) is 5.91 Å². The third kappa shape index (κ3) is 4.75. The zero-order chi connectivity index (χ0) is 19.6. The molecule has 1 amide bonds. The second-order valence-corrected chi connectivity index (χ2v) is 5.96. The van der Waals surface area contributed by atoms with Crippen LogP contribution in [0.15, 0.2) is 42.6 Å². The highest BCUT2D eigenvalue weighted by Crippen LogP contribution is 2.19. The first-order valence-corrected chi connectivity index (χ1v) is 7.89. The van der Waals surface area contributed by atoms with Gasteiger partial charge in [0.05, 0.1) is 18.4 Å². The van der Waals surface area contributed by atoms with E-state index in [2.05, 4.69) is 14.7 Å². The lowest BCUT2D eigenvalue weighted by atomic mass is 10.2. The highest BCUT2D eigenvalue weighted by Gasteiger charge is 2.28. The van der Waals surface area contributed by atoms with Crippen LogP contribution in [0.2, 0.25) is 0 Å². The van der Waals surface area contributed by atoms with Crippen molar-refractivity contribution in [2.75, 3.05) is 13.7 Å². The number of nitrogens with one attached hydrogen (secondary N) is 1. The molecule has 0 saturated heterocycles. The highest BCUT2D eigenvalue weighted by molar-refractivity contribution is 5.97. The molecule has 0 aliphatic heterocycles. The molecule has 1 N–H and O–H groups in total. The van der Waals surface area contributed by atoms with Crippen LogP contribution in [0.1, 0.15) is 16.2 Å². The number of halogens is 4. The lowest BCUT2D eigenvalue weighted by Gasteiger charge is -2.16. The molecule has 0 fully saturated rings. The van der Waals surface area contributed by atoms with E-state index in [-0.39, 0.29) is 18.2 Å². The Balaban J connectivity index is 1.65. The topological polar surface area (TPSA) is 58.2 Å². The molecule has 3 rings (SSSR count). The molecule has 142 valence electrons. The standard InChI is InChI=1S/C18H15F4N3O2/c1-25(9-13-4-5-14(8-23-13)27-10-18(20,21)22)17(26)16-6-11-2-3-12(19)7-15(11)24-16/h2-8,24H,9-10H2,1H3. The summed E-state index contributed by atoms with van der Waals surface area (Å²) in [5.41, 5.74) is 1.28. The van der Waals surface area contributed by atoms with Crippen molar-refractivity contribution in [1.82, 2.24) is 14.9 Å². The lowest BCUT2D eigenvalue weighted by Crippen LogP contribution is -2.26. The smallest absolute Gasteiger partial charge is 0.422 e. The number of benzene rings is 1. The van der Waals surface area contributed by atoms with Crippen molar-refractivity contribution in [1.29, 1.82) is 0 Å². The summed E-state index contributed by atoms with van der Waals surface area (Å²) >= 11 is 0. The second-order valence-electron chi connectivity index (χ2n) is 5.96. The molecule has 0 unspecified atom stereocenters. The van der Waals surface area contributed by atoms with Crippen molar-refractivity contribution in [3.8, 4) is 5.75 Å². The molecule has 0 aliphatic rings. The maximum atomic E-state index is 13.2. The fraction of sp³-hybridized carbons (Fsp3) is 0.222. The van der Waals surface area contributed by atoms with Crippen molar-refractivity contribution in [2.45, 2.75) is 12.7 Å². The summed E-state index contributed by atoms with van der Waals surface area (Å²) in [6, 6.07) is 8.64. The molecular formula is C18H15F4N3O2. The van der Waals surface area contributed by atoms with Crippen LogP contribution >= 0.6 is 0 Å². The predicted molar refractivity (Wildman–Crippen MR) is 89.8 cm³/mol. The van der Waals surface area contributed by atoms with E-state index in [1.165, 1.54) is 35.4 Å². The van der Waals surface area contributed by atoms with Gasteiger partial charge in [-0.2, -0.15) is 13.2 Å². The van der Waals surface area contributed by atoms with Crippen LogP contribution in [-0.4, -0.2) is 40.6 Å². The van der Waals surface area contributed by atoms with E-state index in [4.69, 9.17) is 0 Å². The molecule has 0 spiro atoms. The van der Waals surface area contributed by atoms with Crippen LogP contribution in [0.3, 0.4) is 0 Å². The van der Waals surface area contributed by atoms with Gasteiger partial charge in [0.2, 0.25) is 0 Å². The number of aromatic amines is 1. The summed E-state index contributed by atoms with van der Waals surface area (Å²) < 4.78 is 54.2. The number of carbonyl (C=O) groups is 1. The fourth-order valence-electron chi connectivity index (χ4n) is 2.49. The van der Waals surface area contributed by atoms with E-state index < -0.39 is 18.6 Å². The number of hydrogen-bond acceptors (Lipinski definition) is 3. The first-order chi connectivity index (χ1) is 12.7. The van der Waals surface area contributed by atoms with Gasteiger partial charge in [0.15, 0.2) is 6.61 Å². The zero-order valence-electron chi connectivity index (χ0n) is 14.2. The SMILES string of the molecule is CN(Cc1ccc(OCC(F)(F)F)cn1)C(=O)c1cc2ccc(F)cc2[nH]1. The fourth-order valence-corrected chi connectivity index (χ4v) is 2.49. The molecule has 2 aromatic heterocycles. The van der Waals surface area contributed by atoms with Crippen LogP contribution in [-0.2, 0) is 6.54 Å². The van der Waals surface area contributed by atoms with Gasteiger partial charge < -0.3 is 14.6 Å². The maximum absolute atomic E-state index is 13.2. The summed E-state index contributed by atoms with van der Waals surface area (Å²) in [6.07, 6.45) is -3.25. The Bertz CT molecular complexity index is 951. The third-order valence-electron chi connectivity index (χ3n) is 3.76. The number of nitrogens with zero attached hydrogens (tertiary/aromatic N) is 2. The van der Waals surface area contributed by atoms with Crippen molar-refractivity contribution < 1.29 is 27.1 Å². The summed E-state index contributed by atoms with van der Waals surface area (Å²) in [7, 11) is 1.56. The Morgan fingerprint density at radius 3 is 2.67 bits per heavy atom. The second kappa shape index (κ2) is 7.26. The van der Waals surface area contributed by atoms with Crippen molar-refractivity contribution in [2.24, 2.45) is 0 Å². The molecule has 0 aliphatic carbocycles. The average molecular weight is 381 g/mol. The zero-order valence-corrected chi connectivity index (χ0v) is 14.2. The molecular weight excluding hydrogens is 366 g/mol. The van der Waals surface area contributed by atoms with E-state index in [0.29, 0.717) is 22.3 Å². The molecule has 9 heteroatoms. The van der Waals surface area contributed by atoms with Gasteiger partial charge in [0.1, 0.15) is 17.3 Å². The minimum atomic E-state index is -4.42. The van der Waals surface area contributed by atoms with Crippen LogP contribution in [0.25, 0.3) is 10.9 Å². The minimum absolute atomic E-state index is 0.0114. The monoisotopic (exact) mass is 381 g/mol. The molecule has 0 bridgehead atoms. The first-order valence-electron chi connectivity index (χ1n) is 7.89. The Morgan fingerprint density at radius 1 is 1.22 bits per heavy atom. The molecule has 5 nitrogen and oxygen atoms in total. The summed E-state index contributed by atoms with van der Waals surface area (Å²) in [5, 5.41) is 0.706. The Labute approximate surface area is 151 Å². The normalized spacial score (nSPS) is 11.6. The van der Waals surface area contributed by atoms with Crippen LogP contribution < -0.4 is 4.74 Å². The van der Waals surface area contributed by atoms with Gasteiger partial charge in [0, 0.05) is 18.0 Å². The molecule has 27 heavy (non-hydrogen) atoms. The molecule has 0 saturated carbocycles. The highest BCUT2D eigenvalue weighted by atomic mass is 19.4. The largest absolute Gasteiger partial charge is 0.483 e. The van der Waals surface area contributed by atoms with Crippen LogP contribution in [0.5, 0.6) is 5.75 Å². The van der Waals surface area contributed by atoms with E-state index in [1.54, 1.807) is 19.2 Å². The van der Waals surface area contributed by atoms with Gasteiger partial charge >= 0.3 is 6.18 Å². The molecule has 0 radical (unpaired) electrons. The van der Waals surface area contributed by atoms with E-state index in [0.717, 1.165) is 0 Å². The van der Waals surface area contributed by atoms with Gasteiger partial charge in [-0.1, -0.05) is 0 Å². The summed E-state index contributed by atoms with van der Waals surface area (Å²) in [6.45, 7) is -1.25. The number of aromatic nitrogens is 2. The number of rotatable bonds is 5. The van der Waals surface area contributed by atoms with Gasteiger partial charge in [-0.25, -0.2) is 4.39 Å². The Hall–Kier alpha value is -3.10. The first kappa shape index (κ1) is 18.7. The molecule has 0 atom stereocenters. The minimum Gasteiger partial charge on any atom is -0.483 e. The van der Waals surface area contributed by atoms with Crippen molar-refractivity contribution in [3.63, 3.8) is 0 Å². The number of ether oxygens (including phenoxy) is 1. The van der Waals surface area contributed by atoms with E-state index in [1.807, 2.05) is 0 Å². The summed E-state index contributed by atoms with van der Waals surface area (Å²) in [4.78, 5) is 20.8. The van der Waals surface area contributed by atoms with E-state index >= 15 is 0 Å². The predicted octanol–water partition coefficient (Wildman–Crippen LogP) is 3.92. The molecule has 1 aromatic carbocycles. The third-order valence-corrected chi connectivity index (χ3v) is 3.76. The number of alkyl halides is 3.